The zero-order valence-electron chi connectivity index (χ0n) is 18.5. The lowest BCUT2D eigenvalue weighted by Crippen LogP contribution is -2.56. The number of likely N-dealkylation sites (tertiary alicyclic amines) is 2. The summed E-state index contributed by atoms with van der Waals surface area (Å²) < 4.78 is 1.99. The molecule has 2 N–H and O–H groups in total. The number of rotatable bonds is 4. The molecule has 1 unspecified atom stereocenters. The topological polar surface area (TPSA) is 111 Å². The second-order valence-electron chi connectivity index (χ2n) is 9.19. The van der Waals surface area contributed by atoms with Crippen LogP contribution in [0.4, 0.5) is 0 Å². The summed E-state index contributed by atoms with van der Waals surface area (Å²) in [5, 5.41) is 9.76. The van der Waals surface area contributed by atoms with Crippen molar-refractivity contribution in [2.45, 2.75) is 26.2 Å². The largest absolute Gasteiger partial charge is 0.493 e. The van der Waals surface area contributed by atoms with Gasteiger partial charge in [-0.2, -0.15) is 0 Å². The Kier molecular flexibility index (Phi) is 5.39. The molecule has 3 aromatic rings. The summed E-state index contributed by atoms with van der Waals surface area (Å²) in [6.45, 7) is 4.69. The Bertz CT molecular complexity index is 1270. The maximum Gasteiger partial charge on any atom is 0.258 e. The number of fused-ring (bicyclic) bond motifs is 1. The number of H-pyrrole nitrogens is 1. The van der Waals surface area contributed by atoms with Crippen molar-refractivity contribution in [1.82, 2.24) is 24.2 Å². The molecule has 5 rings (SSSR count). The lowest BCUT2D eigenvalue weighted by molar-refractivity contribution is -0.138. The van der Waals surface area contributed by atoms with Crippen LogP contribution < -0.4 is 5.56 Å². The van der Waals surface area contributed by atoms with Crippen molar-refractivity contribution in [3.63, 3.8) is 0 Å². The number of aromatic amines is 1. The van der Waals surface area contributed by atoms with E-state index in [2.05, 4.69) is 16.0 Å². The fourth-order valence-corrected chi connectivity index (χ4v) is 5.00. The molecule has 1 atom stereocenters. The molecule has 2 aliphatic rings. The number of hydrogen-bond donors (Lipinski definition) is 2. The van der Waals surface area contributed by atoms with Crippen LogP contribution in [0, 0.1) is 18.8 Å². The lowest BCUT2D eigenvalue weighted by atomic mass is 9.80. The van der Waals surface area contributed by atoms with E-state index >= 15 is 0 Å². The first-order chi connectivity index (χ1) is 15.9. The second kappa shape index (κ2) is 8.38. The number of amides is 2. The van der Waals surface area contributed by atoms with Crippen molar-refractivity contribution in [2.75, 3.05) is 26.2 Å². The number of hydrogen-bond acceptors (Lipinski definition) is 5. The lowest BCUT2D eigenvalue weighted by Gasteiger charge is -2.46. The van der Waals surface area contributed by atoms with Gasteiger partial charge in [0.05, 0.1) is 23.9 Å². The third-order valence-corrected chi connectivity index (χ3v) is 6.90. The fraction of sp³-hybridized carbons (Fsp3) is 0.417. The number of carbonyl (C=O) groups is 2. The first kappa shape index (κ1) is 21.2. The van der Waals surface area contributed by atoms with E-state index in [0.717, 1.165) is 36.8 Å². The number of aryl methyl sites for hydroxylation is 1. The molecule has 0 aromatic carbocycles. The standard InChI is InChI=1S/C24H27N5O4/c1-15-7-19-5-4-17(11-28(19)9-15)24(33)27-6-2-3-16(10-27)18-12-29(13-18)21(30)8-20-22(31)25-14-26-23(20)32/h4-5,7,9,11,14,16,18H,2-3,6,8,10,12-13H2,1H3,(H2,25,26,31,32). The summed E-state index contributed by atoms with van der Waals surface area (Å²) in [4.78, 5) is 47.2. The van der Waals surface area contributed by atoms with Crippen molar-refractivity contribution in [2.24, 2.45) is 11.8 Å². The summed E-state index contributed by atoms with van der Waals surface area (Å²) in [5.74, 6) is 0.129. The molecular formula is C24H27N5O4. The fourth-order valence-electron chi connectivity index (χ4n) is 5.00. The highest BCUT2D eigenvalue weighted by atomic mass is 16.3. The molecule has 0 aliphatic carbocycles. The minimum atomic E-state index is -0.498. The van der Waals surface area contributed by atoms with Gasteiger partial charge >= 0.3 is 0 Å². The van der Waals surface area contributed by atoms with E-state index in [1.165, 1.54) is 0 Å². The van der Waals surface area contributed by atoms with E-state index in [1.54, 1.807) is 4.90 Å². The van der Waals surface area contributed by atoms with Crippen LogP contribution >= 0.6 is 0 Å². The maximum atomic E-state index is 13.2. The van der Waals surface area contributed by atoms with Gasteiger partial charge in [-0.1, -0.05) is 0 Å². The number of nitrogens with zero attached hydrogens (tertiary/aromatic N) is 4. The van der Waals surface area contributed by atoms with Gasteiger partial charge in [0.15, 0.2) is 0 Å². The van der Waals surface area contributed by atoms with E-state index in [0.29, 0.717) is 37.0 Å². The molecule has 9 heteroatoms. The highest BCUT2D eigenvalue weighted by molar-refractivity contribution is 5.94. The Morgan fingerprint density at radius 3 is 2.73 bits per heavy atom. The monoisotopic (exact) mass is 449 g/mol. The van der Waals surface area contributed by atoms with Crippen LogP contribution in [0.3, 0.4) is 0 Å². The van der Waals surface area contributed by atoms with Gasteiger partial charge < -0.3 is 24.3 Å². The maximum absolute atomic E-state index is 13.2. The molecule has 33 heavy (non-hydrogen) atoms. The highest BCUT2D eigenvalue weighted by Gasteiger charge is 2.39. The third-order valence-electron chi connectivity index (χ3n) is 6.90. The number of aromatic hydroxyl groups is 1. The average molecular weight is 450 g/mol. The molecule has 9 nitrogen and oxygen atoms in total. The second-order valence-corrected chi connectivity index (χ2v) is 9.19. The van der Waals surface area contributed by atoms with Gasteiger partial charge in [0.2, 0.25) is 11.8 Å². The van der Waals surface area contributed by atoms with Crippen molar-refractivity contribution in [1.29, 1.82) is 0 Å². The normalized spacial score (nSPS) is 19.0. The molecule has 0 spiro atoms. The van der Waals surface area contributed by atoms with E-state index in [1.807, 2.05) is 40.8 Å². The zero-order chi connectivity index (χ0) is 23.1. The van der Waals surface area contributed by atoms with Gasteiger partial charge in [-0.3, -0.25) is 14.4 Å². The first-order valence-corrected chi connectivity index (χ1v) is 11.3. The molecule has 0 radical (unpaired) electrons. The summed E-state index contributed by atoms with van der Waals surface area (Å²) in [5.41, 5.74) is 2.41. The van der Waals surface area contributed by atoms with E-state index in [-0.39, 0.29) is 23.8 Å². The van der Waals surface area contributed by atoms with Crippen LogP contribution in [0.25, 0.3) is 5.52 Å². The molecular weight excluding hydrogens is 422 g/mol. The number of carbonyl (C=O) groups excluding carboxylic acids is 2. The van der Waals surface area contributed by atoms with E-state index in [4.69, 9.17) is 0 Å². The summed E-state index contributed by atoms with van der Waals surface area (Å²) in [7, 11) is 0. The van der Waals surface area contributed by atoms with Gasteiger partial charge in [0, 0.05) is 44.1 Å². The SMILES string of the molecule is Cc1cc2ccc(C(=O)N3CCCC(C4CN(C(=O)Cc5c(O)nc[nH]c5=O)C4)C3)cn2c1. The van der Waals surface area contributed by atoms with Crippen LogP contribution in [0.15, 0.2) is 41.7 Å². The van der Waals surface area contributed by atoms with E-state index < -0.39 is 11.4 Å². The summed E-state index contributed by atoms with van der Waals surface area (Å²) >= 11 is 0. The van der Waals surface area contributed by atoms with Gasteiger partial charge in [0.25, 0.3) is 11.5 Å². The van der Waals surface area contributed by atoms with Gasteiger partial charge in [-0.25, -0.2) is 4.98 Å². The molecule has 3 aromatic heterocycles. The van der Waals surface area contributed by atoms with Gasteiger partial charge in [-0.15, -0.1) is 0 Å². The van der Waals surface area contributed by atoms with Crippen LogP contribution in [0.2, 0.25) is 0 Å². The molecule has 172 valence electrons. The zero-order valence-corrected chi connectivity index (χ0v) is 18.5. The van der Waals surface area contributed by atoms with E-state index in [9.17, 15) is 19.5 Å². The Labute approximate surface area is 190 Å². The quantitative estimate of drug-likeness (QED) is 0.628. The summed E-state index contributed by atoms with van der Waals surface area (Å²) in [6.07, 6.45) is 6.84. The van der Waals surface area contributed by atoms with Crippen LogP contribution in [0.5, 0.6) is 5.88 Å². The highest BCUT2D eigenvalue weighted by Crippen LogP contribution is 2.32. The smallest absolute Gasteiger partial charge is 0.258 e. The molecule has 2 amide bonds. The first-order valence-electron chi connectivity index (χ1n) is 11.3. The van der Waals surface area contributed by atoms with Gasteiger partial charge in [0.1, 0.15) is 0 Å². The number of nitrogens with one attached hydrogen (secondary N) is 1. The van der Waals surface area contributed by atoms with Gasteiger partial charge in [-0.05, 0) is 55.4 Å². The number of piperidine rings is 1. The van der Waals surface area contributed by atoms with Crippen LogP contribution in [-0.2, 0) is 11.2 Å². The molecule has 2 saturated heterocycles. The van der Waals surface area contributed by atoms with Crippen molar-refractivity contribution in [3.05, 3.63) is 64.0 Å². The Hall–Kier alpha value is -3.62. The van der Waals surface area contributed by atoms with Crippen molar-refractivity contribution in [3.8, 4) is 5.88 Å². The van der Waals surface area contributed by atoms with Crippen LogP contribution in [0.1, 0.15) is 34.3 Å². The van der Waals surface area contributed by atoms with Crippen molar-refractivity contribution >= 4 is 17.3 Å². The summed E-state index contributed by atoms with van der Waals surface area (Å²) in [6, 6.07) is 5.95. The predicted molar refractivity (Wildman–Crippen MR) is 121 cm³/mol. The van der Waals surface area contributed by atoms with Crippen LogP contribution in [-0.4, -0.2) is 67.3 Å². The minimum absolute atomic E-state index is 0.00440. The third kappa shape index (κ3) is 4.10. The Morgan fingerprint density at radius 1 is 1.15 bits per heavy atom. The van der Waals surface area contributed by atoms with Crippen molar-refractivity contribution < 1.29 is 14.7 Å². The molecule has 2 aliphatic heterocycles. The Morgan fingerprint density at radius 2 is 1.94 bits per heavy atom. The molecule has 0 bridgehead atoms. The number of aromatic nitrogens is 3. The molecule has 5 heterocycles. The number of pyridine rings is 1. The molecule has 2 fully saturated rings. The minimum Gasteiger partial charge on any atom is -0.493 e. The average Bonchev–Trinajstić information content (AvgIpc) is 3.14. The Balaban J connectivity index is 1.19. The predicted octanol–water partition coefficient (Wildman–Crippen LogP) is 1.59. The molecule has 0 saturated carbocycles.